The van der Waals surface area contributed by atoms with E-state index in [4.69, 9.17) is 5.73 Å². The van der Waals surface area contributed by atoms with Gasteiger partial charge in [-0.05, 0) is 24.4 Å². The van der Waals surface area contributed by atoms with Crippen molar-refractivity contribution in [1.82, 2.24) is 9.36 Å². The Morgan fingerprint density at radius 1 is 1.36 bits per heavy atom. The molecule has 78 valence electrons. The fourth-order valence-electron chi connectivity index (χ4n) is 2.00. The molecule has 0 atom stereocenters. The molecule has 2 N–H and O–H groups in total. The van der Waals surface area contributed by atoms with Gasteiger partial charge in [0, 0.05) is 6.42 Å². The molecule has 1 saturated carbocycles. The van der Waals surface area contributed by atoms with E-state index in [1.165, 1.54) is 30.8 Å². The fourth-order valence-corrected chi connectivity index (χ4v) is 2.89. The van der Waals surface area contributed by atoms with Crippen molar-refractivity contribution in [2.24, 2.45) is 5.73 Å². The Morgan fingerprint density at radius 2 is 2.07 bits per heavy atom. The molecule has 1 fully saturated rings. The maximum absolute atomic E-state index is 6.36. The van der Waals surface area contributed by atoms with E-state index in [0.717, 1.165) is 30.1 Å². The highest BCUT2D eigenvalue weighted by molar-refractivity contribution is 7.05. The lowest BCUT2D eigenvalue weighted by atomic mass is 9.83. The second kappa shape index (κ2) is 3.95. The van der Waals surface area contributed by atoms with Crippen LogP contribution in [0.15, 0.2) is 0 Å². The number of hydrogen-bond acceptors (Lipinski definition) is 4. The number of hydrogen-bond donors (Lipinski definition) is 1. The van der Waals surface area contributed by atoms with E-state index in [1.54, 1.807) is 0 Å². The smallest absolute Gasteiger partial charge is 0.142 e. The van der Waals surface area contributed by atoms with Crippen molar-refractivity contribution in [3.63, 3.8) is 0 Å². The molecule has 0 radical (unpaired) electrons. The maximum Gasteiger partial charge on any atom is 0.142 e. The third-order valence-corrected chi connectivity index (χ3v) is 3.93. The van der Waals surface area contributed by atoms with Crippen molar-refractivity contribution in [2.45, 2.75) is 51.0 Å². The van der Waals surface area contributed by atoms with Crippen LogP contribution in [0, 0.1) is 0 Å². The summed E-state index contributed by atoms with van der Waals surface area (Å²) in [5.74, 6) is 0.945. The SMILES string of the molecule is CCc1nsc(C2(N)CCCCC2)n1. The molecular formula is C10H17N3S. The van der Waals surface area contributed by atoms with Crippen molar-refractivity contribution < 1.29 is 0 Å². The van der Waals surface area contributed by atoms with Crippen molar-refractivity contribution in [1.29, 1.82) is 0 Å². The normalized spacial score (nSPS) is 21.0. The number of nitrogens with two attached hydrogens (primary N) is 1. The van der Waals surface area contributed by atoms with E-state index >= 15 is 0 Å². The lowest BCUT2D eigenvalue weighted by Gasteiger charge is -2.30. The fraction of sp³-hybridized carbons (Fsp3) is 0.800. The third-order valence-electron chi connectivity index (χ3n) is 2.96. The third kappa shape index (κ3) is 1.81. The molecule has 2 rings (SSSR count). The molecular weight excluding hydrogens is 194 g/mol. The van der Waals surface area contributed by atoms with Gasteiger partial charge in [-0.1, -0.05) is 26.2 Å². The van der Waals surface area contributed by atoms with Gasteiger partial charge in [-0.3, -0.25) is 0 Å². The van der Waals surface area contributed by atoms with Crippen LogP contribution in [0.25, 0.3) is 0 Å². The minimum absolute atomic E-state index is 0.163. The van der Waals surface area contributed by atoms with Gasteiger partial charge in [0.25, 0.3) is 0 Å². The summed E-state index contributed by atoms with van der Waals surface area (Å²) in [4.78, 5) is 4.51. The summed E-state index contributed by atoms with van der Waals surface area (Å²) in [5.41, 5.74) is 6.19. The average molecular weight is 211 g/mol. The Hall–Kier alpha value is -0.480. The number of nitrogens with zero attached hydrogens (tertiary/aromatic N) is 2. The van der Waals surface area contributed by atoms with Crippen molar-refractivity contribution in [3.05, 3.63) is 10.8 Å². The van der Waals surface area contributed by atoms with Gasteiger partial charge in [0.1, 0.15) is 10.8 Å². The Balaban J connectivity index is 2.19. The number of aromatic nitrogens is 2. The molecule has 0 unspecified atom stereocenters. The first-order valence-electron chi connectivity index (χ1n) is 5.36. The van der Waals surface area contributed by atoms with Gasteiger partial charge in [-0.15, -0.1) is 0 Å². The largest absolute Gasteiger partial charge is 0.319 e. The zero-order chi connectivity index (χ0) is 10.0. The molecule has 0 aromatic carbocycles. The van der Waals surface area contributed by atoms with Crippen LogP contribution >= 0.6 is 11.5 Å². The van der Waals surface area contributed by atoms with Gasteiger partial charge in [-0.25, -0.2) is 4.98 Å². The lowest BCUT2D eigenvalue weighted by molar-refractivity contribution is 0.301. The first-order chi connectivity index (χ1) is 6.74. The molecule has 1 aliphatic rings. The topological polar surface area (TPSA) is 51.8 Å². The summed E-state index contributed by atoms with van der Waals surface area (Å²) in [6, 6.07) is 0. The van der Waals surface area contributed by atoms with Crippen LogP contribution in [0.3, 0.4) is 0 Å². The average Bonchev–Trinajstić information content (AvgIpc) is 2.67. The van der Waals surface area contributed by atoms with E-state index in [1.807, 2.05) is 0 Å². The summed E-state index contributed by atoms with van der Waals surface area (Å²) in [6.07, 6.45) is 6.84. The summed E-state index contributed by atoms with van der Waals surface area (Å²) >= 11 is 1.49. The van der Waals surface area contributed by atoms with E-state index in [9.17, 15) is 0 Å². The minimum atomic E-state index is -0.163. The summed E-state index contributed by atoms with van der Waals surface area (Å²) in [7, 11) is 0. The van der Waals surface area contributed by atoms with Crippen molar-refractivity contribution in [3.8, 4) is 0 Å². The number of rotatable bonds is 2. The summed E-state index contributed by atoms with van der Waals surface area (Å²) in [6.45, 7) is 2.08. The Labute approximate surface area is 88.9 Å². The molecule has 0 bridgehead atoms. The van der Waals surface area contributed by atoms with Crippen LogP contribution in [-0.2, 0) is 12.0 Å². The quantitative estimate of drug-likeness (QED) is 0.816. The first-order valence-corrected chi connectivity index (χ1v) is 6.14. The second-order valence-electron chi connectivity index (χ2n) is 4.09. The monoisotopic (exact) mass is 211 g/mol. The Morgan fingerprint density at radius 3 is 2.64 bits per heavy atom. The molecule has 14 heavy (non-hydrogen) atoms. The van der Waals surface area contributed by atoms with E-state index in [-0.39, 0.29) is 5.54 Å². The zero-order valence-electron chi connectivity index (χ0n) is 8.62. The second-order valence-corrected chi connectivity index (χ2v) is 4.84. The predicted octanol–water partition coefficient (Wildman–Crippen LogP) is 2.22. The molecule has 4 heteroatoms. The highest BCUT2D eigenvalue weighted by Crippen LogP contribution is 2.35. The van der Waals surface area contributed by atoms with Crippen molar-refractivity contribution in [2.75, 3.05) is 0 Å². The Kier molecular flexibility index (Phi) is 2.83. The van der Waals surface area contributed by atoms with E-state index < -0.39 is 0 Å². The van der Waals surface area contributed by atoms with E-state index in [2.05, 4.69) is 16.3 Å². The van der Waals surface area contributed by atoms with Gasteiger partial charge in [-0.2, -0.15) is 4.37 Å². The summed E-state index contributed by atoms with van der Waals surface area (Å²) in [5, 5.41) is 1.05. The van der Waals surface area contributed by atoms with Gasteiger partial charge in [0.05, 0.1) is 5.54 Å². The predicted molar refractivity (Wildman–Crippen MR) is 58.2 cm³/mol. The standard InChI is InChI=1S/C10H17N3S/c1-2-8-12-9(14-13-8)10(11)6-4-3-5-7-10/h2-7,11H2,1H3. The lowest BCUT2D eigenvalue weighted by Crippen LogP contribution is -2.38. The van der Waals surface area contributed by atoms with Gasteiger partial charge in [0.15, 0.2) is 0 Å². The van der Waals surface area contributed by atoms with Gasteiger partial charge >= 0.3 is 0 Å². The van der Waals surface area contributed by atoms with Crippen LogP contribution in [0.4, 0.5) is 0 Å². The molecule has 0 amide bonds. The van der Waals surface area contributed by atoms with Gasteiger partial charge < -0.3 is 5.73 Å². The minimum Gasteiger partial charge on any atom is -0.319 e. The molecule has 1 aromatic heterocycles. The van der Waals surface area contributed by atoms with Crippen LogP contribution in [0.1, 0.15) is 49.9 Å². The Bertz CT molecular complexity index is 302. The van der Waals surface area contributed by atoms with Crippen LogP contribution in [0.5, 0.6) is 0 Å². The van der Waals surface area contributed by atoms with E-state index in [0.29, 0.717) is 0 Å². The van der Waals surface area contributed by atoms with Crippen LogP contribution < -0.4 is 5.73 Å². The molecule has 1 aromatic rings. The molecule has 0 aliphatic heterocycles. The molecule has 0 saturated heterocycles. The molecule has 0 spiro atoms. The highest BCUT2D eigenvalue weighted by atomic mass is 32.1. The van der Waals surface area contributed by atoms with Crippen molar-refractivity contribution >= 4 is 11.5 Å². The number of aryl methyl sites for hydroxylation is 1. The molecule has 1 heterocycles. The molecule has 1 aliphatic carbocycles. The van der Waals surface area contributed by atoms with Crippen LogP contribution in [0.2, 0.25) is 0 Å². The highest BCUT2D eigenvalue weighted by Gasteiger charge is 2.32. The zero-order valence-corrected chi connectivity index (χ0v) is 9.44. The molecule has 3 nitrogen and oxygen atoms in total. The maximum atomic E-state index is 6.36. The first kappa shape index (κ1) is 10.1. The van der Waals surface area contributed by atoms with Gasteiger partial charge in [0.2, 0.25) is 0 Å². The van der Waals surface area contributed by atoms with Crippen LogP contribution in [-0.4, -0.2) is 9.36 Å². The summed E-state index contributed by atoms with van der Waals surface area (Å²) < 4.78 is 4.31.